The zero-order chi connectivity index (χ0) is 26.1. The SMILES string of the molecule is CC1(C)c2ccccc2-c2c(-c3cc4cc(-c5ccccc5)c5ccccc5c4c4ccccc34)cccc21. The van der Waals surface area contributed by atoms with E-state index in [0.29, 0.717) is 0 Å². The minimum atomic E-state index is -0.0225. The first-order valence-electron chi connectivity index (χ1n) is 13.8. The number of hydrogen-bond acceptors (Lipinski definition) is 0. The molecule has 1 aliphatic rings. The van der Waals surface area contributed by atoms with Crippen molar-refractivity contribution in [3.63, 3.8) is 0 Å². The molecular formula is C39H28. The lowest BCUT2D eigenvalue weighted by Gasteiger charge is -2.22. The molecule has 0 saturated heterocycles. The van der Waals surface area contributed by atoms with E-state index in [2.05, 4.69) is 147 Å². The lowest BCUT2D eigenvalue weighted by molar-refractivity contribution is 0.660. The molecule has 0 N–H and O–H groups in total. The van der Waals surface area contributed by atoms with Gasteiger partial charge in [-0.25, -0.2) is 0 Å². The summed E-state index contributed by atoms with van der Waals surface area (Å²) >= 11 is 0. The van der Waals surface area contributed by atoms with Gasteiger partial charge in [0.1, 0.15) is 0 Å². The van der Waals surface area contributed by atoms with Crippen LogP contribution < -0.4 is 0 Å². The smallest absolute Gasteiger partial charge is 0.0159 e. The Morgan fingerprint density at radius 1 is 0.410 bits per heavy atom. The highest BCUT2D eigenvalue weighted by Crippen LogP contribution is 2.53. The lowest BCUT2D eigenvalue weighted by Crippen LogP contribution is -2.14. The van der Waals surface area contributed by atoms with Crippen LogP contribution in [0.1, 0.15) is 25.0 Å². The Morgan fingerprint density at radius 3 is 1.69 bits per heavy atom. The molecular weight excluding hydrogens is 468 g/mol. The average molecular weight is 497 g/mol. The summed E-state index contributed by atoms with van der Waals surface area (Å²) in [5, 5.41) is 7.83. The van der Waals surface area contributed by atoms with Crippen molar-refractivity contribution in [3.05, 3.63) is 145 Å². The van der Waals surface area contributed by atoms with Gasteiger partial charge in [0.25, 0.3) is 0 Å². The highest BCUT2D eigenvalue weighted by atomic mass is 14.4. The molecule has 0 saturated carbocycles. The molecule has 39 heavy (non-hydrogen) atoms. The second-order valence-electron chi connectivity index (χ2n) is 11.3. The molecule has 1 aliphatic carbocycles. The predicted octanol–water partition coefficient (Wildman–Crippen LogP) is 10.8. The number of benzene rings is 7. The standard InChI is InChI=1S/C39H28/c1-39(2)35-21-11-10-19-32(35)38-31(20-12-22-36(38)39)34-24-26-23-33(25-13-4-3-5-14-25)27-15-6-8-17-29(27)37(26)30-18-9-7-16-28(30)34/h3-24H,1-2H3. The summed E-state index contributed by atoms with van der Waals surface area (Å²) in [7, 11) is 0. The molecule has 0 fully saturated rings. The Bertz CT molecular complexity index is 2080. The fourth-order valence-corrected chi connectivity index (χ4v) is 7.04. The van der Waals surface area contributed by atoms with Gasteiger partial charge in [0, 0.05) is 5.41 Å². The Morgan fingerprint density at radius 2 is 0.949 bits per heavy atom. The molecule has 7 aromatic rings. The van der Waals surface area contributed by atoms with Crippen LogP contribution in [-0.2, 0) is 5.41 Å². The first-order chi connectivity index (χ1) is 19.1. The molecule has 0 unspecified atom stereocenters. The lowest BCUT2D eigenvalue weighted by atomic mass is 9.81. The van der Waals surface area contributed by atoms with Crippen LogP contribution in [0.25, 0.3) is 65.7 Å². The third kappa shape index (κ3) is 3.12. The molecule has 0 heteroatoms. The van der Waals surface area contributed by atoms with Gasteiger partial charge in [-0.05, 0) is 89.0 Å². The third-order valence-corrected chi connectivity index (χ3v) is 8.84. The Balaban J connectivity index is 1.52. The van der Waals surface area contributed by atoms with E-state index in [1.807, 2.05) is 0 Å². The van der Waals surface area contributed by atoms with Crippen LogP contribution in [-0.4, -0.2) is 0 Å². The molecule has 7 aromatic carbocycles. The van der Waals surface area contributed by atoms with Gasteiger partial charge in [0.2, 0.25) is 0 Å². The number of hydrogen-bond donors (Lipinski definition) is 0. The molecule has 0 aliphatic heterocycles. The maximum Gasteiger partial charge on any atom is 0.0159 e. The molecule has 0 atom stereocenters. The summed E-state index contributed by atoms with van der Waals surface area (Å²) < 4.78 is 0. The van der Waals surface area contributed by atoms with E-state index in [1.54, 1.807) is 0 Å². The Hall–Kier alpha value is -4.68. The third-order valence-electron chi connectivity index (χ3n) is 8.84. The number of fused-ring (bicyclic) bond motifs is 8. The van der Waals surface area contributed by atoms with Crippen molar-refractivity contribution in [2.24, 2.45) is 0 Å². The molecule has 0 amide bonds. The molecule has 8 rings (SSSR count). The molecule has 0 bridgehead atoms. The normalized spacial score (nSPS) is 13.6. The van der Waals surface area contributed by atoms with E-state index in [1.165, 1.54) is 76.8 Å². The monoisotopic (exact) mass is 496 g/mol. The summed E-state index contributed by atoms with van der Waals surface area (Å²) in [6, 6.07) is 49.3. The number of rotatable bonds is 2. The van der Waals surface area contributed by atoms with Gasteiger partial charge in [0.05, 0.1) is 0 Å². The van der Waals surface area contributed by atoms with Crippen LogP contribution in [0.15, 0.2) is 133 Å². The fourth-order valence-electron chi connectivity index (χ4n) is 7.04. The van der Waals surface area contributed by atoms with Crippen molar-refractivity contribution in [2.75, 3.05) is 0 Å². The topological polar surface area (TPSA) is 0 Å². The minimum Gasteiger partial charge on any atom is -0.0622 e. The zero-order valence-corrected chi connectivity index (χ0v) is 22.2. The van der Waals surface area contributed by atoms with Gasteiger partial charge in [0.15, 0.2) is 0 Å². The van der Waals surface area contributed by atoms with Crippen LogP contribution in [0.3, 0.4) is 0 Å². The van der Waals surface area contributed by atoms with E-state index >= 15 is 0 Å². The van der Waals surface area contributed by atoms with Crippen LogP contribution in [0.2, 0.25) is 0 Å². The van der Waals surface area contributed by atoms with E-state index in [4.69, 9.17) is 0 Å². The van der Waals surface area contributed by atoms with Crippen LogP contribution >= 0.6 is 0 Å². The average Bonchev–Trinajstić information content (AvgIpc) is 3.23. The van der Waals surface area contributed by atoms with Gasteiger partial charge in [-0.15, -0.1) is 0 Å². The van der Waals surface area contributed by atoms with Crippen LogP contribution in [0.5, 0.6) is 0 Å². The Labute approximate surface area is 229 Å². The van der Waals surface area contributed by atoms with E-state index < -0.39 is 0 Å². The van der Waals surface area contributed by atoms with Gasteiger partial charge in [-0.1, -0.05) is 135 Å². The van der Waals surface area contributed by atoms with Gasteiger partial charge in [-0.3, -0.25) is 0 Å². The van der Waals surface area contributed by atoms with Crippen molar-refractivity contribution < 1.29 is 0 Å². The quantitative estimate of drug-likeness (QED) is 0.209. The first-order valence-corrected chi connectivity index (χ1v) is 13.8. The zero-order valence-electron chi connectivity index (χ0n) is 22.2. The van der Waals surface area contributed by atoms with Crippen LogP contribution in [0, 0.1) is 0 Å². The molecule has 184 valence electrons. The van der Waals surface area contributed by atoms with Gasteiger partial charge < -0.3 is 0 Å². The van der Waals surface area contributed by atoms with Crippen molar-refractivity contribution >= 4 is 32.3 Å². The largest absolute Gasteiger partial charge is 0.0622 e. The summed E-state index contributed by atoms with van der Waals surface area (Å²) in [6.45, 7) is 4.72. The van der Waals surface area contributed by atoms with Crippen molar-refractivity contribution in [1.82, 2.24) is 0 Å². The fraction of sp³-hybridized carbons (Fsp3) is 0.0769. The van der Waals surface area contributed by atoms with E-state index in [-0.39, 0.29) is 5.41 Å². The second-order valence-corrected chi connectivity index (χ2v) is 11.3. The molecule has 0 nitrogen and oxygen atoms in total. The van der Waals surface area contributed by atoms with Crippen molar-refractivity contribution in [1.29, 1.82) is 0 Å². The van der Waals surface area contributed by atoms with Crippen molar-refractivity contribution in [2.45, 2.75) is 19.3 Å². The van der Waals surface area contributed by atoms with Gasteiger partial charge in [-0.2, -0.15) is 0 Å². The summed E-state index contributed by atoms with van der Waals surface area (Å²) in [6.07, 6.45) is 0. The maximum atomic E-state index is 2.44. The summed E-state index contributed by atoms with van der Waals surface area (Å²) in [4.78, 5) is 0. The van der Waals surface area contributed by atoms with Gasteiger partial charge >= 0.3 is 0 Å². The molecule has 0 radical (unpaired) electrons. The highest BCUT2D eigenvalue weighted by Gasteiger charge is 2.36. The maximum absolute atomic E-state index is 2.44. The van der Waals surface area contributed by atoms with E-state index in [0.717, 1.165) is 0 Å². The minimum absolute atomic E-state index is 0.0225. The first kappa shape index (κ1) is 22.3. The molecule has 0 aromatic heterocycles. The summed E-state index contributed by atoms with van der Waals surface area (Å²) in [5.41, 5.74) is 10.7. The van der Waals surface area contributed by atoms with Crippen molar-refractivity contribution in [3.8, 4) is 33.4 Å². The molecule has 0 heterocycles. The molecule has 0 spiro atoms. The van der Waals surface area contributed by atoms with E-state index in [9.17, 15) is 0 Å². The highest BCUT2D eigenvalue weighted by molar-refractivity contribution is 6.26. The van der Waals surface area contributed by atoms with Crippen LogP contribution in [0.4, 0.5) is 0 Å². The summed E-state index contributed by atoms with van der Waals surface area (Å²) in [5.74, 6) is 0. The Kier molecular flexibility index (Phi) is 4.67. The predicted molar refractivity (Wildman–Crippen MR) is 167 cm³/mol. The second kappa shape index (κ2) is 8.16.